The number of hydrogen-bond acceptors (Lipinski definition) is 4. The number of nitrogens with zero attached hydrogens (tertiary/aromatic N) is 3. The zero-order valence-corrected chi connectivity index (χ0v) is 13.2. The largest absolute Gasteiger partial charge is 0.396 e. The van der Waals surface area contributed by atoms with E-state index in [4.69, 9.17) is 16.7 Å². The summed E-state index contributed by atoms with van der Waals surface area (Å²) in [5.41, 5.74) is 0.901. The fourth-order valence-electron chi connectivity index (χ4n) is 1.88. The van der Waals surface area contributed by atoms with Gasteiger partial charge >= 0.3 is 0 Å². The van der Waals surface area contributed by atoms with Gasteiger partial charge in [0.15, 0.2) is 0 Å². The van der Waals surface area contributed by atoms with E-state index >= 15 is 0 Å². The Hall–Kier alpha value is -0.870. The van der Waals surface area contributed by atoms with Crippen molar-refractivity contribution >= 4 is 17.4 Å². The first-order chi connectivity index (χ1) is 8.88. The molecule has 0 atom stereocenters. The monoisotopic (exact) mass is 285 g/mol. The van der Waals surface area contributed by atoms with Gasteiger partial charge in [0, 0.05) is 30.7 Å². The molecule has 0 saturated carbocycles. The van der Waals surface area contributed by atoms with Gasteiger partial charge in [-0.1, -0.05) is 25.4 Å². The van der Waals surface area contributed by atoms with Crippen LogP contribution in [0.1, 0.15) is 51.4 Å². The average Bonchev–Trinajstić information content (AvgIpc) is 2.33. The van der Waals surface area contributed by atoms with E-state index in [0.717, 1.165) is 30.2 Å². The first kappa shape index (κ1) is 16.2. The molecule has 1 N–H and O–H groups in total. The van der Waals surface area contributed by atoms with Crippen LogP contribution in [-0.4, -0.2) is 34.3 Å². The van der Waals surface area contributed by atoms with Crippen LogP contribution in [0.4, 0.5) is 5.82 Å². The molecule has 0 saturated heterocycles. The second kappa shape index (κ2) is 7.06. The third-order valence-electron chi connectivity index (χ3n) is 3.05. The molecule has 108 valence electrons. The van der Waals surface area contributed by atoms with Gasteiger partial charge in [-0.3, -0.25) is 0 Å². The Bertz CT molecular complexity index is 421. The van der Waals surface area contributed by atoms with Crippen molar-refractivity contribution in [3.8, 4) is 0 Å². The maximum absolute atomic E-state index is 9.03. The minimum absolute atomic E-state index is 0.179. The van der Waals surface area contributed by atoms with E-state index in [2.05, 4.69) is 42.6 Å². The minimum atomic E-state index is 0.179. The lowest BCUT2D eigenvalue weighted by Crippen LogP contribution is -2.34. The summed E-state index contributed by atoms with van der Waals surface area (Å²) >= 11 is 6.22. The Balaban J connectivity index is 3.20. The van der Waals surface area contributed by atoms with Gasteiger partial charge in [0.2, 0.25) is 0 Å². The third-order valence-corrected chi connectivity index (χ3v) is 3.41. The SMILES string of the molecule is Cc1c(Cl)nc(C(C)C)nc1N(CCCO)C(C)C. The van der Waals surface area contributed by atoms with E-state index < -0.39 is 0 Å². The number of hydrogen-bond donors (Lipinski definition) is 1. The summed E-state index contributed by atoms with van der Waals surface area (Å²) in [6.45, 7) is 11.2. The molecule has 1 aromatic heterocycles. The third kappa shape index (κ3) is 4.05. The molecular weight excluding hydrogens is 262 g/mol. The smallest absolute Gasteiger partial charge is 0.137 e. The van der Waals surface area contributed by atoms with Crippen LogP contribution in [0, 0.1) is 6.92 Å². The summed E-state index contributed by atoms with van der Waals surface area (Å²) in [5.74, 6) is 1.89. The molecule has 0 aliphatic rings. The molecule has 1 rings (SSSR count). The zero-order chi connectivity index (χ0) is 14.6. The topological polar surface area (TPSA) is 49.2 Å². The van der Waals surface area contributed by atoms with Crippen LogP contribution in [0.25, 0.3) is 0 Å². The van der Waals surface area contributed by atoms with Crippen LogP contribution >= 0.6 is 11.6 Å². The Labute approximate surface area is 120 Å². The first-order valence-corrected chi connectivity index (χ1v) is 7.17. The van der Waals surface area contributed by atoms with Crippen molar-refractivity contribution in [2.45, 2.75) is 53.0 Å². The average molecular weight is 286 g/mol. The molecule has 0 radical (unpaired) electrons. The number of aromatic nitrogens is 2. The molecule has 0 aliphatic carbocycles. The van der Waals surface area contributed by atoms with E-state index in [9.17, 15) is 0 Å². The molecule has 1 heterocycles. The first-order valence-electron chi connectivity index (χ1n) is 6.80. The fourth-order valence-corrected chi connectivity index (χ4v) is 2.05. The van der Waals surface area contributed by atoms with Gasteiger partial charge in [0.05, 0.1) is 0 Å². The second-order valence-corrected chi connectivity index (χ2v) is 5.70. The van der Waals surface area contributed by atoms with Crippen LogP contribution in [-0.2, 0) is 0 Å². The predicted molar refractivity (Wildman–Crippen MR) is 80.1 cm³/mol. The molecule has 0 aromatic carbocycles. The highest BCUT2D eigenvalue weighted by molar-refractivity contribution is 6.30. The molecule has 0 amide bonds. The summed E-state index contributed by atoms with van der Waals surface area (Å²) in [5, 5.41) is 9.54. The summed E-state index contributed by atoms with van der Waals surface area (Å²) in [7, 11) is 0. The molecule has 19 heavy (non-hydrogen) atoms. The predicted octanol–water partition coefficient (Wildman–Crippen LogP) is 3.16. The number of aliphatic hydroxyl groups excluding tert-OH is 1. The summed E-state index contributed by atoms with van der Waals surface area (Å²) < 4.78 is 0. The van der Waals surface area contributed by atoms with E-state index in [0.29, 0.717) is 11.2 Å². The molecule has 4 nitrogen and oxygen atoms in total. The molecule has 0 aliphatic heterocycles. The molecule has 0 spiro atoms. The van der Waals surface area contributed by atoms with Crippen molar-refractivity contribution in [2.24, 2.45) is 0 Å². The van der Waals surface area contributed by atoms with Crippen LogP contribution in [0.5, 0.6) is 0 Å². The molecule has 0 unspecified atom stereocenters. The van der Waals surface area contributed by atoms with Gasteiger partial charge in [-0.15, -0.1) is 0 Å². The van der Waals surface area contributed by atoms with Crippen molar-refractivity contribution < 1.29 is 5.11 Å². The molecule has 0 bridgehead atoms. The number of aliphatic hydroxyl groups is 1. The lowest BCUT2D eigenvalue weighted by molar-refractivity contribution is 0.288. The molecule has 0 fully saturated rings. The standard InChI is InChI=1S/C14H24ClN3O/c1-9(2)13-16-12(15)11(5)14(17-13)18(10(3)4)7-6-8-19/h9-10,19H,6-8H2,1-5H3. The van der Waals surface area contributed by atoms with Crippen molar-refractivity contribution in [1.82, 2.24) is 9.97 Å². The summed E-state index contributed by atoms with van der Waals surface area (Å²) in [6, 6.07) is 0.302. The number of halogens is 1. The Morgan fingerprint density at radius 2 is 1.84 bits per heavy atom. The van der Waals surface area contributed by atoms with Gasteiger partial charge < -0.3 is 10.0 Å². The lowest BCUT2D eigenvalue weighted by atomic mass is 10.2. The summed E-state index contributed by atoms with van der Waals surface area (Å²) in [4.78, 5) is 11.2. The second-order valence-electron chi connectivity index (χ2n) is 5.34. The Morgan fingerprint density at radius 3 is 2.32 bits per heavy atom. The highest BCUT2D eigenvalue weighted by Crippen LogP contribution is 2.27. The lowest BCUT2D eigenvalue weighted by Gasteiger charge is -2.29. The Morgan fingerprint density at radius 1 is 1.21 bits per heavy atom. The van der Waals surface area contributed by atoms with Crippen molar-refractivity contribution in [1.29, 1.82) is 0 Å². The van der Waals surface area contributed by atoms with Gasteiger partial charge in [0.1, 0.15) is 16.8 Å². The maximum Gasteiger partial charge on any atom is 0.137 e. The Kier molecular flexibility index (Phi) is 6.01. The fraction of sp³-hybridized carbons (Fsp3) is 0.714. The van der Waals surface area contributed by atoms with Crippen LogP contribution in [0.15, 0.2) is 0 Å². The molecule has 1 aromatic rings. The highest BCUT2D eigenvalue weighted by atomic mass is 35.5. The van der Waals surface area contributed by atoms with Crippen LogP contribution in [0.3, 0.4) is 0 Å². The van der Waals surface area contributed by atoms with Gasteiger partial charge in [-0.25, -0.2) is 9.97 Å². The zero-order valence-electron chi connectivity index (χ0n) is 12.4. The molecule has 5 heteroatoms. The molecular formula is C14H24ClN3O. The van der Waals surface area contributed by atoms with Crippen LogP contribution in [0.2, 0.25) is 5.15 Å². The van der Waals surface area contributed by atoms with Crippen LogP contribution < -0.4 is 4.90 Å². The maximum atomic E-state index is 9.03. The number of anilines is 1. The van der Waals surface area contributed by atoms with E-state index in [1.807, 2.05) is 6.92 Å². The number of rotatable bonds is 6. The van der Waals surface area contributed by atoms with Crippen molar-refractivity contribution in [3.05, 3.63) is 16.5 Å². The minimum Gasteiger partial charge on any atom is -0.396 e. The van der Waals surface area contributed by atoms with Gasteiger partial charge in [0.25, 0.3) is 0 Å². The van der Waals surface area contributed by atoms with Crippen molar-refractivity contribution in [3.63, 3.8) is 0 Å². The van der Waals surface area contributed by atoms with Gasteiger partial charge in [-0.2, -0.15) is 0 Å². The quantitative estimate of drug-likeness (QED) is 0.816. The van der Waals surface area contributed by atoms with E-state index in [1.165, 1.54) is 0 Å². The van der Waals surface area contributed by atoms with Crippen molar-refractivity contribution in [2.75, 3.05) is 18.1 Å². The van der Waals surface area contributed by atoms with E-state index in [-0.39, 0.29) is 12.5 Å². The van der Waals surface area contributed by atoms with E-state index in [1.54, 1.807) is 0 Å². The summed E-state index contributed by atoms with van der Waals surface area (Å²) in [6.07, 6.45) is 0.719. The highest BCUT2D eigenvalue weighted by Gasteiger charge is 2.19. The normalized spacial score (nSPS) is 11.4. The van der Waals surface area contributed by atoms with Gasteiger partial charge in [-0.05, 0) is 27.2 Å².